The van der Waals surface area contributed by atoms with Crippen LogP contribution in [0.15, 0.2) is 12.2 Å². The van der Waals surface area contributed by atoms with E-state index in [0.29, 0.717) is 22.3 Å². The van der Waals surface area contributed by atoms with Gasteiger partial charge in [0, 0.05) is 6.04 Å². The van der Waals surface area contributed by atoms with E-state index in [2.05, 4.69) is 27.4 Å². The first-order chi connectivity index (χ1) is 8.24. The molecule has 0 saturated heterocycles. The third-order valence-corrected chi connectivity index (χ3v) is 6.02. The van der Waals surface area contributed by atoms with Gasteiger partial charge in [-0.2, -0.15) is 0 Å². The number of hydrogen-bond acceptors (Lipinski definition) is 1. The van der Waals surface area contributed by atoms with Gasteiger partial charge in [0.05, 0.1) is 0 Å². The molecular formula is C17H29N. The molecule has 3 atom stereocenters. The van der Waals surface area contributed by atoms with Gasteiger partial charge >= 0.3 is 0 Å². The molecule has 4 aliphatic rings. The fourth-order valence-corrected chi connectivity index (χ4v) is 6.54. The Bertz CT molecular complexity index is 365. The van der Waals surface area contributed by atoms with E-state index in [1.807, 2.05) is 0 Å². The lowest BCUT2D eigenvalue weighted by Gasteiger charge is -2.67. The van der Waals surface area contributed by atoms with Crippen LogP contribution in [0, 0.1) is 22.2 Å². The smallest absolute Gasteiger partial charge is 0.0133 e. The average molecular weight is 247 g/mol. The summed E-state index contributed by atoms with van der Waals surface area (Å²) in [5.41, 5.74) is 9.49. The van der Waals surface area contributed by atoms with Crippen molar-refractivity contribution in [3.8, 4) is 0 Å². The monoisotopic (exact) mass is 247 g/mol. The number of rotatable bonds is 3. The van der Waals surface area contributed by atoms with Gasteiger partial charge in [-0.25, -0.2) is 0 Å². The van der Waals surface area contributed by atoms with Crippen molar-refractivity contribution < 1.29 is 0 Å². The van der Waals surface area contributed by atoms with Gasteiger partial charge in [0.25, 0.3) is 0 Å². The lowest BCUT2D eigenvalue weighted by molar-refractivity contribution is -0.153. The molecule has 4 rings (SSSR count). The van der Waals surface area contributed by atoms with Crippen molar-refractivity contribution in [2.45, 2.75) is 71.8 Å². The van der Waals surface area contributed by atoms with Crippen molar-refractivity contribution in [3.63, 3.8) is 0 Å². The van der Waals surface area contributed by atoms with Crippen LogP contribution in [0.2, 0.25) is 0 Å². The van der Waals surface area contributed by atoms with Crippen molar-refractivity contribution in [2.24, 2.45) is 27.9 Å². The fourth-order valence-electron chi connectivity index (χ4n) is 6.54. The predicted molar refractivity (Wildman–Crippen MR) is 77.2 cm³/mol. The van der Waals surface area contributed by atoms with Gasteiger partial charge in [-0.3, -0.25) is 0 Å². The third-order valence-electron chi connectivity index (χ3n) is 6.02. The van der Waals surface area contributed by atoms with Crippen LogP contribution in [0.1, 0.15) is 65.7 Å². The highest BCUT2D eigenvalue weighted by Gasteiger charge is 2.61. The first-order valence-electron chi connectivity index (χ1n) is 7.64. The Kier molecular flexibility index (Phi) is 2.56. The van der Waals surface area contributed by atoms with Gasteiger partial charge in [-0.05, 0) is 74.0 Å². The maximum absolute atomic E-state index is 6.63. The second-order valence-electron chi connectivity index (χ2n) is 8.76. The van der Waals surface area contributed by atoms with Gasteiger partial charge in [0.15, 0.2) is 0 Å². The molecule has 18 heavy (non-hydrogen) atoms. The normalized spacial score (nSPS) is 51.4. The molecule has 0 radical (unpaired) electrons. The highest BCUT2D eigenvalue weighted by molar-refractivity contribution is 5.14. The van der Waals surface area contributed by atoms with Gasteiger partial charge in [0.2, 0.25) is 0 Å². The Morgan fingerprint density at radius 2 is 1.72 bits per heavy atom. The lowest BCUT2D eigenvalue weighted by Crippen LogP contribution is -2.60. The van der Waals surface area contributed by atoms with Crippen molar-refractivity contribution in [1.82, 2.24) is 0 Å². The maximum Gasteiger partial charge on any atom is 0.0133 e. The summed E-state index contributed by atoms with van der Waals surface area (Å²) in [5, 5.41) is 0. The number of hydrogen-bond donors (Lipinski definition) is 1. The van der Waals surface area contributed by atoms with Crippen molar-refractivity contribution in [1.29, 1.82) is 0 Å². The molecule has 0 amide bonds. The maximum atomic E-state index is 6.63. The van der Waals surface area contributed by atoms with Crippen LogP contribution >= 0.6 is 0 Å². The van der Waals surface area contributed by atoms with Crippen LogP contribution < -0.4 is 5.73 Å². The SMILES string of the molecule is C=C(C)CC(N)C12CC3CC(C)(CC(C)(C3)C1)C2. The lowest BCUT2D eigenvalue weighted by atomic mass is 9.39. The van der Waals surface area contributed by atoms with Crippen LogP contribution in [-0.4, -0.2) is 6.04 Å². The van der Waals surface area contributed by atoms with Crippen molar-refractivity contribution >= 4 is 0 Å². The van der Waals surface area contributed by atoms with Crippen LogP contribution in [0.25, 0.3) is 0 Å². The van der Waals surface area contributed by atoms with E-state index in [1.165, 1.54) is 44.1 Å². The van der Waals surface area contributed by atoms with Gasteiger partial charge in [0.1, 0.15) is 0 Å². The summed E-state index contributed by atoms with van der Waals surface area (Å²) in [6, 6.07) is 0.344. The standard InChI is InChI=1S/C17H29N/c1-12(2)5-14(18)17-8-13-6-15(3,10-17)9-16(4,7-13)11-17/h13-14H,1,5-11,18H2,2-4H3. The van der Waals surface area contributed by atoms with Crippen LogP contribution in [0.3, 0.4) is 0 Å². The molecule has 0 spiro atoms. The zero-order valence-corrected chi connectivity index (χ0v) is 12.4. The Morgan fingerprint density at radius 3 is 2.17 bits per heavy atom. The minimum Gasteiger partial charge on any atom is -0.327 e. The average Bonchev–Trinajstić information content (AvgIpc) is 2.09. The third kappa shape index (κ3) is 1.86. The van der Waals surface area contributed by atoms with Crippen molar-refractivity contribution in [2.75, 3.05) is 0 Å². The highest BCUT2D eigenvalue weighted by atomic mass is 14.8. The molecule has 4 aliphatic carbocycles. The molecule has 4 fully saturated rings. The molecule has 0 aromatic carbocycles. The van der Waals surface area contributed by atoms with Crippen LogP contribution in [-0.2, 0) is 0 Å². The molecule has 0 aromatic rings. The summed E-state index contributed by atoms with van der Waals surface area (Å²) in [5.74, 6) is 0.951. The van der Waals surface area contributed by atoms with E-state index in [0.717, 1.165) is 12.3 Å². The predicted octanol–water partition coefficient (Wildman–Crippen LogP) is 4.28. The quantitative estimate of drug-likeness (QED) is 0.740. The zero-order valence-electron chi connectivity index (χ0n) is 12.4. The molecule has 0 aliphatic heterocycles. The van der Waals surface area contributed by atoms with E-state index >= 15 is 0 Å². The highest BCUT2D eigenvalue weighted by Crippen LogP contribution is 2.70. The Hall–Kier alpha value is -0.300. The second kappa shape index (κ2) is 3.62. The summed E-state index contributed by atoms with van der Waals surface area (Å²) in [4.78, 5) is 0. The van der Waals surface area contributed by atoms with E-state index < -0.39 is 0 Å². The van der Waals surface area contributed by atoms with Crippen LogP contribution in [0.4, 0.5) is 0 Å². The van der Waals surface area contributed by atoms with Gasteiger partial charge in [-0.1, -0.05) is 19.4 Å². The van der Waals surface area contributed by atoms with E-state index in [1.54, 1.807) is 0 Å². The first kappa shape index (κ1) is 12.7. The summed E-state index contributed by atoms with van der Waals surface area (Å²) in [7, 11) is 0. The molecule has 3 unspecified atom stereocenters. The molecule has 4 bridgehead atoms. The van der Waals surface area contributed by atoms with Gasteiger partial charge in [-0.15, -0.1) is 6.58 Å². The topological polar surface area (TPSA) is 26.0 Å². The summed E-state index contributed by atoms with van der Waals surface area (Å²) in [6.45, 7) is 11.3. The molecule has 2 N–H and O–H groups in total. The molecule has 1 nitrogen and oxygen atoms in total. The second-order valence-corrected chi connectivity index (χ2v) is 8.76. The van der Waals surface area contributed by atoms with Crippen LogP contribution in [0.5, 0.6) is 0 Å². The molecule has 0 heterocycles. The molecule has 1 heteroatoms. The fraction of sp³-hybridized carbons (Fsp3) is 0.882. The summed E-state index contributed by atoms with van der Waals surface area (Å²) >= 11 is 0. The van der Waals surface area contributed by atoms with Crippen molar-refractivity contribution in [3.05, 3.63) is 12.2 Å². The summed E-state index contributed by atoms with van der Waals surface area (Å²) in [6.07, 6.45) is 9.54. The van der Waals surface area contributed by atoms with Gasteiger partial charge < -0.3 is 5.73 Å². The minimum atomic E-state index is 0.344. The molecule has 4 saturated carbocycles. The van der Waals surface area contributed by atoms with E-state index in [4.69, 9.17) is 5.73 Å². The summed E-state index contributed by atoms with van der Waals surface area (Å²) < 4.78 is 0. The Morgan fingerprint density at radius 1 is 1.17 bits per heavy atom. The number of nitrogens with two attached hydrogens (primary N) is 1. The Balaban J connectivity index is 1.91. The molecule has 102 valence electrons. The van der Waals surface area contributed by atoms with E-state index in [9.17, 15) is 0 Å². The minimum absolute atomic E-state index is 0.344. The largest absolute Gasteiger partial charge is 0.327 e. The Labute approximate surface area is 112 Å². The zero-order chi connectivity index (χ0) is 13.2. The molecule has 0 aromatic heterocycles. The molecular weight excluding hydrogens is 218 g/mol. The first-order valence-corrected chi connectivity index (χ1v) is 7.64. The van der Waals surface area contributed by atoms with E-state index in [-0.39, 0.29) is 0 Å².